The second-order valence-corrected chi connectivity index (χ2v) is 5.31. The monoisotopic (exact) mass is 315 g/mol. The van der Waals surface area contributed by atoms with Crippen molar-refractivity contribution in [2.24, 2.45) is 0 Å². The Morgan fingerprint density at radius 1 is 1.43 bits per heavy atom. The third-order valence-electron chi connectivity index (χ3n) is 3.65. The minimum Gasteiger partial charge on any atom is -0.385 e. The molecule has 0 heterocycles. The van der Waals surface area contributed by atoms with Crippen molar-refractivity contribution in [1.82, 2.24) is 5.32 Å². The Hall–Kier alpha value is -2.32. The van der Waals surface area contributed by atoms with Crippen LogP contribution in [0.15, 0.2) is 36.0 Å². The predicted molar refractivity (Wildman–Crippen MR) is 92.0 cm³/mol. The van der Waals surface area contributed by atoms with Crippen molar-refractivity contribution < 1.29 is 9.53 Å². The molecule has 2 N–H and O–H groups in total. The van der Waals surface area contributed by atoms with Crippen LogP contribution in [-0.4, -0.2) is 26.2 Å². The summed E-state index contributed by atoms with van der Waals surface area (Å²) in [5.41, 5.74) is 2.15. The summed E-state index contributed by atoms with van der Waals surface area (Å²) >= 11 is 0. The molecule has 0 aliphatic carbocycles. The van der Waals surface area contributed by atoms with Crippen LogP contribution in [0.25, 0.3) is 0 Å². The van der Waals surface area contributed by atoms with E-state index in [1.165, 1.54) is 11.8 Å². The molecule has 0 spiro atoms. The maximum absolute atomic E-state index is 12.0. The summed E-state index contributed by atoms with van der Waals surface area (Å²) in [6.07, 6.45) is 3.20. The minimum atomic E-state index is -0.378. The van der Waals surface area contributed by atoms with E-state index in [9.17, 15) is 4.79 Å². The first kappa shape index (κ1) is 18.7. The van der Waals surface area contributed by atoms with Gasteiger partial charge in [-0.15, -0.1) is 0 Å². The highest BCUT2D eigenvalue weighted by Crippen LogP contribution is 2.26. The molecule has 0 bridgehead atoms. The molecule has 0 aliphatic rings. The topological polar surface area (TPSA) is 74.2 Å². The van der Waals surface area contributed by atoms with Gasteiger partial charge in [0.1, 0.15) is 11.6 Å². The van der Waals surface area contributed by atoms with Crippen LogP contribution in [0.5, 0.6) is 0 Å². The smallest absolute Gasteiger partial charge is 0.263 e. The molecule has 0 saturated heterocycles. The van der Waals surface area contributed by atoms with Crippen molar-refractivity contribution in [1.29, 1.82) is 5.26 Å². The van der Waals surface area contributed by atoms with Gasteiger partial charge in [-0.05, 0) is 30.4 Å². The second kappa shape index (κ2) is 10.4. The van der Waals surface area contributed by atoms with Gasteiger partial charge in [0.05, 0.1) is 0 Å². The van der Waals surface area contributed by atoms with Crippen LogP contribution < -0.4 is 10.6 Å². The van der Waals surface area contributed by atoms with E-state index >= 15 is 0 Å². The summed E-state index contributed by atoms with van der Waals surface area (Å²) in [5, 5.41) is 15.0. The van der Waals surface area contributed by atoms with Crippen molar-refractivity contribution in [3.8, 4) is 6.07 Å². The van der Waals surface area contributed by atoms with Gasteiger partial charge in [0.2, 0.25) is 0 Å². The third-order valence-corrected chi connectivity index (χ3v) is 3.65. The van der Waals surface area contributed by atoms with Gasteiger partial charge in [-0.25, -0.2) is 0 Å². The van der Waals surface area contributed by atoms with E-state index in [1.807, 2.05) is 24.3 Å². The summed E-state index contributed by atoms with van der Waals surface area (Å²) in [5.74, 6) is 0.0256. The molecular formula is C18H25N3O2. The van der Waals surface area contributed by atoms with E-state index in [0.717, 1.165) is 12.1 Å². The average Bonchev–Trinajstić information content (AvgIpc) is 2.59. The number of hydrogen-bond donors (Lipinski definition) is 2. The molecule has 1 amide bonds. The Labute approximate surface area is 138 Å². The van der Waals surface area contributed by atoms with Crippen LogP contribution in [0.4, 0.5) is 5.69 Å². The number of benzene rings is 1. The van der Waals surface area contributed by atoms with Gasteiger partial charge in [-0.1, -0.05) is 32.0 Å². The number of hydrogen-bond acceptors (Lipinski definition) is 4. The maximum Gasteiger partial charge on any atom is 0.263 e. The Morgan fingerprint density at radius 2 is 2.17 bits per heavy atom. The fraction of sp³-hybridized carbons (Fsp3) is 0.444. The second-order valence-electron chi connectivity index (χ2n) is 5.31. The molecule has 0 aliphatic heterocycles. The minimum absolute atomic E-state index is 0.0568. The van der Waals surface area contributed by atoms with Crippen molar-refractivity contribution >= 4 is 11.6 Å². The molecule has 0 saturated carbocycles. The Morgan fingerprint density at radius 3 is 2.83 bits per heavy atom. The summed E-state index contributed by atoms with van der Waals surface area (Å²) in [6.45, 7) is 5.34. The average molecular weight is 315 g/mol. The van der Waals surface area contributed by atoms with E-state index in [4.69, 9.17) is 10.00 Å². The summed E-state index contributed by atoms with van der Waals surface area (Å²) < 4.78 is 4.92. The number of carbonyl (C=O) groups is 1. The van der Waals surface area contributed by atoms with Crippen LogP contribution >= 0.6 is 0 Å². The van der Waals surface area contributed by atoms with Gasteiger partial charge >= 0.3 is 0 Å². The number of rotatable bonds is 9. The molecule has 0 radical (unpaired) electrons. The number of amides is 1. The van der Waals surface area contributed by atoms with E-state index in [0.29, 0.717) is 25.5 Å². The molecule has 1 aromatic rings. The molecule has 5 heteroatoms. The van der Waals surface area contributed by atoms with Crippen molar-refractivity contribution in [2.75, 3.05) is 25.6 Å². The summed E-state index contributed by atoms with van der Waals surface area (Å²) in [7, 11) is 1.61. The first-order valence-electron chi connectivity index (χ1n) is 7.86. The number of nitrogens with one attached hydrogen (secondary N) is 2. The highest BCUT2D eigenvalue weighted by molar-refractivity contribution is 5.97. The van der Waals surface area contributed by atoms with Crippen molar-refractivity contribution in [3.63, 3.8) is 0 Å². The van der Waals surface area contributed by atoms with Crippen LogP contribution in [0.2, 0.25) is 0 Å². The number of methoxy groups -OCH3 is 1. The van der Waals surface area contributed by atoms with E-state index in [2.05, 4.69) is 30.5 Å². The molecule has 1 rings (SSSR count). The van der Waals surface area contributed by atoms with Gasteiger partial charge < -0.3 is 15.4 Å². The zero-order valence-electron chi connectivity index (χ0n) is 14.1. The lowest BCUT2D eigenvalue weighted by atomic mass is 9.97. The molecule has 23 heavy (non-hydrogen) atoms. The number of para-hydroxylation sites is 1. The molecule has 0 aromatic heterocycles. The number of ether oxygens (including phenoxy) is 1. The fourth-order valence-corrected chi connectivity index (χ4v) is 2.09. The Balaban J connectivity index is 2.74. The molecule has 124 valence electrons. The highest BCUT2D eigenvalue weighted by atomic mass is 16.5. The number of anilines is 1. The summed E-state index contributed by atoms with van der Waals surface area (Å²) in [4.78, 5) is 12.0. The number of nitriles is 1. The maximum atomic E-state index is 12.0. The third kappa shape index (κ3) is 6.13. The van der Waals surface area contributed by atoms with Crippen LogP contribution in [0, 0.1) is 11.3 Å². The molecule has 1 unspecified atom stereocenters. The SMILES string of the molecule is CCC(C)c1ccccc1N/C=C(/C#N)C(=O)NCCCOC. The van der Waals surface area contributed by atoms with E-state index in [1.54, 1.807) is 7.11 Å². The largest absolute Gasteiger partial charge is 0.385 e. The lowest BCUT2D eigenvalue weighted by Crippen LogP contribution is -2.26. The summed E-state index contributed by atoms with van der Waals surface area (Å²) in [6, 6.07) is 9.86. The van der Waals surface area contributed by atoms with E-state index < -0.39 is 0 Å². The predicted octanol–water partition coefficient (Wildman–Crippen LogP) is 3.17. The molecule has 5 nitrogen and oxygen atoms in total. The lowest BCUT2D eigenvalue weighted by Gasteiger charge is -2.14. The molecule has 0 fully saturated rings. The highest BCUT2D eigenvalue weighted by Gasteiger charge is 2.10. The zero-order chi connectivity index (χ0) is 17.1. The van der Waals surface area contributed by atoms with Gasteiger partial charge in [0.25, 0.3) is 5.91 Å². The van der Waals surface area contributed by atoms with Gasteiger partial charge in [0.15, 0.2) is 0 Å². The van der Waals surface area contributed by atoms with Crippen molar-refractivity contribution in [2.45, 2.75) is 32.6 Å². The number of carbonyl (C=O) groups excluding carboxylic acids is 1. The number of nitrogens with zero attached hydrogens (tertiary/aromatic N) is 1. The van der Waals surface area contributed by atoms with Gasteiger partial charge in [0, 0.05) is 32.1 Å². The Kier molecular flexibility index (Phi) is 8.48. The zero-order valence-corrected chi connectivity index (χ0v) is 14.1. The standard InChI is InChI=1S/C18H25N3O2/c1-4-14(2)16-8-5-6-9-17(16)21-13-15(12-19)18(22)20-10-7-11-23-3/h5-6,8-9,13-14,21H,4,7,10-11H2,1-3H3,(H,20,22)/b15-13-. The Bertz CT molecular complexity index is 576. The van der Waals surface area contributed by atoms with Crippen LogP contribution in [0.3, 0.4) is 0 Å². The quantitative estimate of drug-likeness (QED) is 0.417. The van der Waals surface area contributed by atoms with Gasteiger partial charge in [-0.3, -0.25) is 4.79 Å². The molecule has 1 aromatic carbocycles. The molecular weight excluding hydrogens is 290 g/mol. The van der Waals surface area contributed by atoms with Crippen LogP contribution in [0.1, 0.15) is 38.2 Å². The van der Waals surface area contributed by atoms with E-state index in [-0.39, 0.29) is 11.5 Å². The van der Waals surface area contributed by atoms with Crippen LogP contribution in [-0.2, 0) is 9.53 Å². The van der Waals surface area contributed by atoms with Gasteiger partial charge in [-0.2, -0.15) is 5.26 Å². The first-order valence-corrected chi connectivity index (χ1v) is 7.86. The molecule has 1 atom stereocenters. The fourth-order valence-electron chi connectivity index (χ4n) is 2.09. The first-order chi connectivity index (χ1) is 11.1. The van der Waals surface area contributed by atoms with Crippen molar-refractivity contribution in [3.05, 3.63) is 41.6 Å². The lowest BCUT2D eigenvalue weighted by molar-refractivity contribution is -0.117. The normalized spacial score (nSPS) is 12.3.